The lowest BCUT2D eigenvalue weighted by Crippen LogP contribution is -2.55. The molecule has 1 aromatic rings. The lowest BCUT2D eigenvalue weighted by Gasteiger charge is -2.36. The van der Waals surface area contributed by atoms with E-state index in [2.05, 4.69) is 17.1 Å². The summed E-state index contributed by atoms with van der Waals surface area (Å²) < 4.78 is 4.97. The zero-order valence-electron chi connectivity index (χ0n) is 12.2. The van der Waals surface area contributed by atoms with E-state index in [-0.39, 0.29) is 12.0 Å². The molecule has 1 N–H and O–H groups in total. The minimum atomic E-state index is -0.321. The number of halogens is 2. The van der Waals surface area contributed by atoms with E-state index in [1.165, 1.54) is 7.11 Å². The quantitative estimate of drug-likeness (QED) is 0.860. The fraction of sp³-hybridized carbons (Fsp3) is 0.533. The molecule has 4 nitrogen and oxygen atoms in total. The van der Waals surface area contributed by atoms with Crippen molar-refractivity contribution >= 4 is 29.2 Å². The summed E-state index contributed by atoms with van der Waals surface area (Å²) in [6.07, 6.45) is 0.523. The molecule has 1 aliphatic rings. The molecule has 0 aliphatic carbocycles. The Morgan fingerprint density at radius 3 is 2.90 bits per heavy atom. The number of piperazine rings is 1. The monoisotopic (exact) mass is 330 g/mol. The van der Waals surface area contributed by atoms with E-state index in [0.717, 1.165) is 25.2 Å². The SMILES string of the molecule is COC(=O)[C@H](Cc1ccc(Cl)cc1Cl)N1CCN[C@@H](C)C1. The van der Waals surface area contributed by atoms with Crippen LogP contribution >= 0.6 is 23.2 Å². The number of benzene rings is 1. The molecule has 1 fully saturated rings. The molecule has 0 aromatic heterocycles. The Balaban J connectivity index is 2.18. The van der Waals surface area contributed by atoms with Gasteiger partial charge in [0.1, 0.15) is 6.04 Å². The highest BCUT2D eigenvalue weighted by atomic mass is 35.5. The Morgan fingerprint density at radius 2 is 2.29 bits per heavy atom. The maximum absolute atomic E-state index is 12.1. The summed E-state index contributed by atoms with van der Waals surface area (Å²) in [6, 6.07) is 5.39. The fourth-order valence-corrected chi connectivity index (χ4v) is 3.12. The largest absolute Gasteiger partial charge is 0.468 e. The minimum Gasteiger partial charge on any atom is -0.468 e. The van der Waals surface area contributed by atoms with Crippen LogP contribution in [0.1, 0.15) is 12.5 Å². The topological polar surface area (TPSA) is 41.6 Å². The molecule has 1 aromatic carbocycles. The standard InChI is InChI=1S/C15H20Cl2N2O2/c1-10-9-19(6-5-18-10)14(15(20)21-2)7-11-3-4-12(16)8-13(11)17/h3-4,8,10,14,18H,5-7,9H2,1-2H3/t10-,14-/m0/s1. The van der Waals surface area contributed by atoms with E-state index < -0.39 is 0 Å². The number of ether oxygens (including phenoxy) is 1. The van der Waals surface area contributed by atoms with Crippen LogP contribution in [0.25, 0.3) is 0 Å². The molecule has 0 saturated carbocycles. The number of nitrogens with one attached hydrogen (secondary N) is 1. The molecule has 116 valence electrons. The highest BCUT2D eigenvalue weighted by Gasteiger charge is 2.30. The second kappa shape index (κ2) is 7.45. The number of carbonyl (C=O) groups is 1. The third-order valence-electron chi connectivity index (χ3n) is 3.74. The summed E-state index contributed by atoms with van der Waals surface area (Å²) in [6.45, 7) is 4.60. The molecule has 0 unspecified atom stereocenters. The molecule has 0 spiro atoms. The highest BCUT2D eigenvalue weighted by molar-refractivity contribution is 6.35. The Hall–Kier alpha value is -0.810. The van der Waals surface area contributed by atoms with Crippen LogP contribution in [0.3, 0.4) is 0 Å². The van der Waals surface area contributed by atoms with Crippen LogP contribution in [0, 0.1) is 0 Å². The first-order chi connectivity index (χ1) is 10.0. The Morgan fingerprint density at radius 1 is 1.52 bits per heavy atom. The molecule has 2 rings (SSSR count). The van der Waals surface area contributed by atoms with Gasteiger partial charge in [-0.2, -0.15) is 0 Å². The van der Waals surface area contributed by atoms with Gasteiger partial charge in [-0.15, -0.1) is 0 Å². The van der Waals surface area contributed by atoms with Gasteiger partial charge < -0.3 is 10.1 Å². The Labute approximate surface area is 135 Å². The van der Waals surface area contributed by atoms with E-state index in [0.29, 0.717) is 22.5 Å². The molecule has 1 aliphatic heterocycles. The van der Waals surface area contributed by atoms with Gasteiger partial charge in [0.25, 0.3) is 0 Å². The van der Waals surface area contributed by atoms with Gasteiger partial charge in [0, 0.05) is 42.1 Å². The number of nitrogens with zero attached hydrogens (tertiary/aromatic N) is 1. The van der Waals surface area contributed by atoms with Gasteiger partial charge in [0.2, 0.25) is 0 Å². The first-order valence-electron chi connectivity index (χ1n) is 7.00. The summed E-state index contributed by atoms with van der Waals surface area (Å²) in [5.74, 6) is -0.227. The molecule has 2 atom stereocenters. The van der Waals surface area contributed by atoms with Gasteiger partial charge in [-0.25, -0.2) is 0 Å². The van der Waals surface area contributed by atoms with Crippen LogP contribution in [0.2, 0.25) is 10.0 Å². The van der Waals surface area contributed by atoms with Crippen molar-refractivity contribution in [1.82, 2.24) is 10.2 Å². The van der Waals surface area contributed by atoms with Crippen molar-refractivity contribution in [1.29, 1.82) is 0 Å². The average molecular weight is 331 g/mol. The van der Waals surface area contributed by atoms with Crippen LogP contribution in [0.15, 0.2) is 18.2 Å². The summed E-state index contributed by atoms with van der Waals surface area (Å²) in [5, 5.41) is 4.54. The predicted molar refractivity (Wildman–Crippen MR) is 85.0 cm³/mol. The highest BCUT2D eigenvalue weighted by Crippen LogP contribution is 2.24. The second-order valence-corrected chi connectivity index (χ2v) is 6.17. The van der Waals surface area contributed by atoms with Crippen LogP contribution in [0.5, 0.6) is 0 Å². The Bertz CT molecular complexity index is 510. The van der Waals surface area contributed by atoms with Gasteiger partial charge in [0.05, 0.1) is 7.11 Å². The molecule has 21 heavy (non-hydrogen) atoms. The molecule has 1 saturated heterocycles. The maximum Gasteiger partial charge on any atom is 0.323 e. The molecule has 6 heteroatoms. The number of hydrogen-bond acceptors (Lipinski definition) is 4. The van der Waals surface area contributed by atoms with E-state index in [4.69, 9.17) is 27.9 Å². The maximum atomic E-state index is 12.1. The number of rotatable bonds is 4. The first-order valence-corrected chi connectivity index (χ1v) is 7.76. The van der Waals surface area contributed by atoms with Gasteiger partial charge in [-0.05, 0) is 24.6 Å². The van der Waals surface area contributed by atoms with Crippen molar-refractivity contribution in [3.63, 3.8) is 0 Å². The van der Waals surface area contributed by atoms with Crippen molar-refractivity contribution < 1.29 is 9.53 Å². The lowest BCUT2D eigenvalue weighted by molar-refractivity contribution is -0.147. The van der Waals surface area contributed by atoms with Crippen molar-refractivity contribution in [3.8, 4) is 0 Å². The average Bonchev–Trinajstić information content (AvgIpc) is 2.45. The summed E-state index contributed by atoms with van der Waals surface area (Å²) in [7, 11) is 1.42. The zero-order valence-corrected chi connectivity index (χ0v) is 13.7. The number of esters is 1. The van der Waals surface area contributed by atoms with Crippen LogP contribution in [0.4, 0.5) is 0 Å². The summed E-state index contributed by atoms with van der Waals surface area (Å²) in [4.78, 5) is 14.3. The van der Waals surface area contributed by atoms with Crippen molar-refractivity contribution in [2.75, 3.05) is 26.7 Å². The van der Waals surface area contributed by atoms with Crippen LogP contribution in [-0.2, 0) is 16.0 Å². The number of hydrogen-bond donors (Lipinski definition) is 1. The molecular weight excluding hydrogens is 311 g/mol. The fourth-order valence-electron chi connectivity index (χ4n) is 2.64. The van der Waals surface area contributed by atoms with E-state index in [1.807, 2.05) is 6.07 Å². The number of carbonyl (C=O) groups excluding carboxylic acids is 1. The normalized spacial score (nSPS) is 21.0. The van der Waals surface area contributed by atoms with Gasteiger partial charge in [-0.1, -0.05) is 29.3 Å². The molecule has 0 amide bonds. The van der Waals surface area contributed by atoms with Crippen molar-refractivity contribution in [2.45, 2.75) is 25.4 Å². The number of methoxy groups -OCH3 is 1. The third kappa shape index (κ3) is 4.33. The summed E-state index contributed by atoms with van der Waals surface area (Å²) >= 11 is 12.1. The Kier molecular flexibility index (Phi) is 5.88. The lowest BCUT2D eigenvalue weighted by atomic mass is 10.0. The van der Waals surface area contributed by atoms with Crippen molar-refractivity contribution in [2.24, 2.45) is 0 Å². The molecule has 0 bridgehead atoms. The van der Waals surface area contributed by atoms with Crippen LogP contribution < -0.4 is 5.32 Å². The van der Waals surface area contributed by atoms with E-state index in [1.54, 1.807) is 12.1 Å². The van der Waals surface area contributed by atoms with Crippen molar-refractivity contribution in [3.05, 3.63) is 33.8 Å². The second-order valence-electron chi connectivity index (χ2n) is 5.33. The molecule has 0 radical (unpaired) electrons. The minimum absolute atomic E-state index is 0.227. The van der Waals surface area contributed by atoms with E-state index in [9.17, 15) is 4.79 Å². The zero-order chi connectivity index (χ0) is 15.4. The predicted octanol–water partition coefficient (Wildman–Crippen LogP) is 2.37. The molecular formula is C15H20Cl2N2O2. The van der Waals surface area contributed by atoms with Crippen LogP contribution in [-0.4, -0.2) is 49.7 Å². The van der Waals surface area contributed by atoms with Gasteiger partial charge >= 0.3 is 5.97 Å². The van der Waals surface area contributed by atoms with Gasteiger partial charge in [-0.3, -0.25) is 9.69 Å². The van der Waals surface area contributed by atoms with E-state index >= 15 is 0 Å². The third-order valence-corrected chi connectivity index (χ3v) is 4.33. The summed E-state index contributed by atoms with van der Waals surface area (Å²) in [5.41, 5.74) is 0.905. The van der Waals surface area contributed by atoms with Gasteiger partial charge in [0.15, 0.2) is 0 Å². The first kappa shape index (κ1) is 16.6. The molecule has 1 heterocycles. The smallest absolute Gasteiger partial charge is 0.323 e.